The third-order valence-electron chi connectivity index (χ3n) is 3.01. The molecule has 4 heteroatoms. The van der Waals surface area contributed by atoms with E-state index >= 15 is 0 Å². The van der Waals surface area contributed by atoms with Gasteiger partial charge in [0.2, 0.25) is 0 Å². The smallest absolute Gasteiger partial charge is 0.251 e. The second-order valence-electron chi connectivity index (χ2n) is 4.74. The first-order chi connectivity index (χ1) is 8.58. The summed E-state index contributed by atoms with van der Waals surface area (Å²) in [4.78, 5) is 12.0. The molecule has 0 bridgehead atoms. The predicted octanol–water partition coefficient (Wildman–Crippen LogP) is 1.28. The summed E-state index contributed by atoms with van der Waals surface area (Å²) in [7, 11) is 0. The van der Waals surface area contributed by atoms with E-state index in [0.29, 0.717) is 24.4 Å². The van der Waals surface area contributed by atoms with Gasteiger partial charge in [-0.25, -0.2) is 0 Å². The number of rotatable bonds is 6. The number of nitrogens with one attached hydrogen (secondary N) is 1. The molecule has 1 amide bonds. The fraction of sp³-hybridized carbons (Fsp3) is 0.500. The van der Waals surface area contributed by atoms with Crippen molar-refractivity contribution in [3.05, 3.63) is 35.4 Å². The van der Waals surface area contributed by atoms with Crippen LogP contribution in [-0.2, 0) is 6.54 Å². The van der Waals surface area contributed by atoms with Crippen LogP contribution in [0.15, 0.2) is 24.3 Å². The quantitative estimate of drug-likeness (QED) is 0.712. The Bertz CT molecular complexity index is 374. The normalized spacial score (nSPS) is 12.5. The number of carbonyl (C=O) groups is 1. The van der Waals surface area contributed by atoms with E-state index in [9.17, 15) is 4.79 Å². The molecule has 1 rings (SSSR count). The van der Waals surface area contributed by atoms with Crippen molar-refractivity contribution >= 4 is 5.91 Å². The van der Waals surface area contributed by atoms with E-state index in [1.807, 2.05) is 26.0 Å². The number of benzene rings is 1. The van der Waals surface area contributed by atoms with Gasteiger partial charge in [0.25, 0.3) is 5.91 Å². The lowest BCUT2D eigenvalue weighted by atomic mass is 10.0. The monoisotopic (exact) mass is 250 g/mol. The first-order valence-electron chi connectivity index (χ1n) is 6.29. The van der Waals surface area contributed by atoms with Gasteiger partial charge < -0.3 is 16.2 Å². The fourth-order valence-electron chi connectivity index (χ4n) is 1.76. The first-order valence-corrected chi connectivity index (χ1v) is 6.29. The molecule has 0 fully saturated rings. The highest BCUT2D eigenvalue weighted by Crippen LogP contribution is 2.09. The molecule has 1 aromatic carbocycles. The summed E-state index contributed by atoms with van der Waals surface area (Å²) < 4.78 is 0. The van der Waals surface area contributed by atoms with Crippen LogP contribution >= 0.6 is 0 Å². The Hall–Kier alpha value is -1.39. The van der Waals surface area contributed by atoms with E-state index in [0.717, 1.165) is 5.56 Å². The van der Waals surface area contributed by atoms with Crippen LogP contribution in [0.1, 0.15) is 36.2 Å². The summed E-state index contributed by atoms with van der Waals surface area (Å²) in [6.45, 7) is 4.60. The van der Waals surface area contributed by atoms with Gasteiger partial charge in [-0.2, -0.15) is 0 Å². The predicted molar refractivity (Wildman–Crippen MR) is 72.1 cm³/mol. The van der Waals surface area contributed by atoms with Gasteiger partial charge in [0.15, 0.2) is 0 Å². The largest absolute Gasteiger partial charge is 0.396 e. The molecule has 0 radical (unpaired) electrons. The van der Waals surface area contributed by atoms with E-state index in [-0.39, 0.29) is 18.6 Å². The minimum absolute atomic E-state index is 0.00307. The lowest BCUT2D eigenvalue weighted by molar-refractivity contribution is 0.0916. The molecule has 0 saturated carbocycles. The van der Waals surface area contributed by atoms with Crippen LogP contribution in [0.5, 0.6) is 0 Å². The van der Waals surface area contributed by atoms with Gasteiger partial charge in [-0.3, -0.25) is 4.79 Å². The van der Waals surface area contributed by atoms with Crippen LogP contribution < -0.4 is 11.1 Å². The van der Waals surface area contributed by atoms with Crippen LogP contribution in [-0.4, -0.2) is 23.7 Å². The standard InChI is InChI=1S/C14H22N2O2/c1-10(2)13(7-8-17)16-14(18)12-5-3-11(9-15)4-6-12/h3-6,10,13,17H,7-9,15H2,1-2H3,(H,16,18). The van der Waals surface area contributed by atoms with Crippen LogP contribution in [0, 0.1) is 5.92 Å². The average Bonchev–Trinajstić information content (AvgIpc) is 2.38. The molecule has 0 aliphatic rings. The van der Waals surface area contributed by atoms with Crippen LogP contribution in [0.2, 0.25) is 0 Å². The molecule has 100 valence electrons. The van der Waals surface area contributed by atoms with Crippen molar-refractivity contribution in [1.29, 1.82) is 0 Å². The fourth-order valence-corrected chi connectivity index (χ4v) is 1.76. The van der Waals surface area contributed by atoms with E-state index < -0.39 is 0 Å². The molecule has 0 saturated heterocycles. The lowest BCUT2D eigenvalue weighted by Gasteiger charge is -2.21. The molecule has 0 aliphatic carbocycles. The Labute approximate surface area is 108 Å². The van der Waals surface area contributed by atoms with Gasteiger partial charge in [-0.1, -0.05) is 26.0 Å². The van der Waals surface area contributed by atoms with E-state index in [1.54, 1.807) is 12.1 Å². The number of carbonyl (C=O) groups excluding carboxylic acids is 1. The maximum absolute atomic E-state index is 12.0. The SMILES string of the molecule is CC(C)C(CCO)NC(=O)c1ccc(CN)cc1. The van der Waals surface area contributed by atoms with Crippen molar-refractivity contribution in [2.45, 2.75) is 32.9 Å². The van der Waals surface area contributed by atoms with Crippen molar-refractivity contribution in [3.8, 4) is 0 Å². The van der Waals surface area contributed by atoms with E-state index in [4.69, 9.17) is 10.8 Å². The zero-order valence-electron chi connectivity index (χ0n) is 11.0. The number of hydrogen-bond donors (Lipinski definition) is 3. The highest BCUT2D eigenvalue weighted by atomic mass is 16.3. The zero-order valence-corrected chi connectivity index (χ0v) is 11.0. The summed E-state index contributed by atoms with van der Waals surface area (Å²) in [6, 6.07) is 7.25. The van der Waals surface area contributed by atoms with Crippen molar-refractivity contribution in [1.82, 2.24) is 5.32 Å². The summed E-state index contributed by atoms with van der Waals surface area (Å²) >= 11 is 0. The Morgan fingerprint density at radius 3 is 2.39 bits per heavy atom. The Morgan fingerprint density at radius 2 is 1.94 bits per heavy atom. The van der Waals surface area contributed by atoms with Gasteiger partial charge in [-0.15, -0.1) is 0 Å². The van der Waals surface area contributed by atoms with Crippen LogP contribution in [0.3, 0.4) is 0 Å². The first kappa shape index (κ1) is 14.7. The molecule has 18 heavy (non-hydrogen) atoms. The molecular formula is C14H22N2O2. The van der Waals surface area contributed by atoms with Crippen molar-refractivity contribution < 1.29 is 9.90 Å². The second kappa shape index (κ2) is 7.13. The molecule has 0 heterocycles. The lowest BCUT2D eigenvalue weighted by Crippen LogP contribution is -2.39. The molecule has 1 atom stereocenters. The Morgan fingerprint density at radius 1 is 1.33 bits per heavy atom. The molecule has 0 spiro atoms. The molecule has 1 aromatic rings. The van der Waals surface area contributed by atoms with Crippen molar-refractivity contribution in [3.63, 3.8) is 0 Å². The third kappa shape index (κ3) is 4.13. The maximum atomic E-state index is 12.0. The van der Waals surface area contributed by atoms with E-state index in [1.165, 1.54) is 0 Å². The highest BCUT2D eigenvalue weighted by Gasteiger charge is 2.16. The molecule has 0 aliphatic heterocycles. The topological polar surface area (TPSA) is 75.3 Å². The van der Waals surface area contributed by atoms with Gasteiger partial charge in [0, 0.05) is 24.8 Å². The highest BCUT2D eigenvalue weighted by molar-refractivity contribution is 5.94. The Kier molecular flexibility index (Phi) is 5.82. The van der Waals surface area contributed by atoms with Crippen molar-refractivity contribution in [2.24, 2.45) is 11.7 Å². The van der Waals surface area contributed by atoms with Crippen molar-refractivity contribution in [2.75, 3.05) is 6.61 Å². The molecular weight excluding hydrogens is 228 g/mol. The number of amides is 1. The molecule has 1 unspecified atom stereocenters. The van der Waals surface area contributed by atoms with Crippen LogP contribution in [0.4, 0.5) is 0 Å². The molecule has 0 aromatic heterocycles. The minimum atomic E-state index is -0.106. The number of aliphatic hydroxyl groups excluding tert-OH is 1. The summed E-state index contributed by atoms with van der Waals surface area (Å²) in [5.41, 5.74) is 7.13. The zero-order chi connectivity index (χ0) is 13.5. The number of aliphatic hydroxyl groups is 1. The second-order valence-corrected chi connectivity index (χ2v) is 4.74. The average molecular weight is 250 g/mol. The summed E-state index contributed by atoms with van der Waals surface area (Å²) in [5, 5.41) is 11.9. The summed E-state index contributed by atoms with van der Waals surface area (Å²) in [5.74, 6) is 0.190. The maximum Gasteiger partial charge on any atom is 0.251 e. The Balaban J connectivity index is 2.67. The molecule has 4 N–H and O–H groups in total. The summed E-state index contributed by atoms with van der Waals surface area (Å²) in [6.07, 6.45) is 0.574. The van der Waals surface area contributed by atoms with Gasteiger partial charge in [-0.05, 0) is 30.0 Å². The number of hydrogen-bond acceptors (Lipinski definition) is 3. The van der Waals surface area contributed by atoms with Gasteiger partial charge >= 0.3 is 0 Å². The van der Waals surface area contributed by atoms with Gasteiger partial charge in [0.05, 0.1) is 0 Å². The minimum Gasteiger partial charge on any atom is -0.396 e. The van der Waals surface area contributed by atoms with E-state index in [2.05, 4.69) is 5.32 Å². The third-order valence-corrected chi connectivity index (χ3v) is 3.01. The van der Waals surface area contributed by atoms with Crippen LogP contribution in [0.25, 0.3) is 0 Å². The number of nitrogens with two attached hydrogens (primary N) is 1. The van der Waals surface area contributed by atoms with Gasteiger partial charge in [0.1, 0.15) is 0 Å². The molecule has 4 nitrogen and oxygen atoms in total.